The van der Waals surface area contributed by atoms with E-state index >= 15 is 0 Å². The summed E-state index contributed by atoms with van der Waals surface area (Å²) in [4.78, 5) is 0. The molecule has 0 radical (unpaired) electrons. The number of aliphatic hydroxyl groups is 1. The van der Waals surface area contributed by atoms with Gasteiger partial charge in [-0.2, -0.15) is 8.42 Å². The van der Waals surface area contributed by atoms with Crippen LogP contribution in [-0.4, -0.2) is 29.4 Å². The van der Waals surface area contributed by atoms with Crippen molar-refractivity contribution in [2.75, 3.05) is 0 Å². The third-order valence-electron chi connectivity index (χ3n) is 4.70. The summed E-state index contributed by atoms with van der Waals surface area (Å²) in [6, 6.07) is 0. The zero-order chi connectivity index (χ0) is 18.3. The summed E-state index contributed by atoms with van der Waals surface area (Å²) in [5, 5.41) is 8.60. The molecule has 0 saturated heterocycles. The van der Waals surface area contributed by atoms with Crippen LogP contribution in [0.15, 0.2) is 0 Å². The van der Waals surface area contributed by atoms with E-state index in [2.05, 4.69) is 6.92 Å². The van der Waals surface area contributed by atoms with Crippen LogP contribution >= 0.6 is 0 Å². The summed E-state index contributed by atoms with van der Waals surface area (Å²) in [7, 11) is -3.93. The van der Waals surface area contributed by atoms with Gasteiger partial charge in [-0.3, -0.25) is 4.55 Å². The summed E-state index contributed by atoms with van der Waals surface area (Å²) >= 11 is 0. The first kappa shape index (κ1) is 23.9. The molecule has 24 heavy (non-hydrogen) atoms. The molecule has 0 amide bonds. The van der Waals surface area contributed by atoms with Crippen LogP contribution in [-0.2, 0) is 10.1 Å². The van der Waals surface area contributed by atoms with E-state index in [1.807, 2.05) is 0 Å². The molecule has 2 N–H and O–H groups in total. The van der Waals surface area contributed by atoms with Crippen molar-refractivity contribution < 1.29 is 18.1 Å². The molecule has 0 heterocycles. The monoisotopic (exact) mass is 364 g/mol. The van der Waals surface area contributed by atoms with Gasteiger partial charge in [0, 0.05) is 0 Å². The van der Waals surface area contributed by atoms with Crippen LogP contribution in [0, 0.1) is 0 Å². The average Bonchev–Trinajstić information content (AvgIpc) is 2.49. The fourth-order valence-electron chi connectivity index (χ4n) is 3.11. The number of unbranched alkanes of at least 4 members (excludes halogenated alkanes) is 10. The molecule has 146 valence electrons. The van der Waals surface area contributed by atoms with Crippen LogP contribution in [0.3, 0.4) is 0 Å². The molecular weight excluding hydrogens is 324 g/mol. The topological polar surface area (TPSA) is 74.6 Å². The SMILES string of the molecule is CCCCCCCCCCCC(CCCCCC(C)O)S(=O)(=O)O. The standard InChI is InChI=1S/C19H40O4S/c1-3-4-5-6-7-8-9-10-13-16-19(24(21,22)23)17-14-11-12-15-18(2)20/h18-20H,3-17H2,1-2H3,(H,21,22,23). The Morgan fingerprint density at radius 1 is 0.708 bits per heavy atom. The van der Waals surface area contributed by atoms with Crippen LogP contribution < -0.4 is 0 Å². The molecule has 2 unspecified atom stereocenters. The highest BCUT2D eigenvalue weighted by Crippen LogP contribution is 2.19. The van der Waals surface area contributed by atoms with Gasteiger partial charge >= 0.3 is 0 Å². The van der Waals surface area contributed by atoms with E-state index in [0.29, 0.717) is 12.8 Å². The molecule has 0 aliphatic heterocycles. The molecular formula is C19H40O4S. The van der Waals surface area contributed by atoms with Gasteiger partial charge in [-0.25, -0.2) is 0 Å². The maximum Gasteiger partial charge on any atom is 0.267 e. The van der Waals surface area contributed by atoms with Gasteiger partial charge < -0.3 is 5.11 Å². The highest BCUT2D eigenvalue weighted by molar-refractivity contribution is 7.86. The van der Waals surface area contributed by atoms with Gasteiger partial charge in [0.1, 0.15) is 0 Å². The Kier molecular flexibility index (Phi) is 15.1. The Balaban J connectivity index is 3.73. The second kappa shape index (κ2) is 15.2. The van der Waals surface area contributed by atoms with E-state index in [1.165, 1.54) is 44.9 Å². The lowest BCUT2D eigenvalue weighted by Gasteiger charge is -2.14. The third kappa shape index (κ3) is 15.4. The number of aliphatic hydroxyl groups excluding tert-OH is 1. The Bertz CT molecular complexity index is 366. The summed E-state index contributed by atoms with van der Waals surface area (Å²) in [5.74, 6) is 0. The lowest BCUT2D eigenvalue weighted by molar-refractivity contribution is 0.180. The molecule has 0 rings (SSSR count). The molecule has 0 spiro atoms. The van der Waals surface area contributed by atoms with E-state index in [-0.39, 0.29) is 6.10 Å². The van der Waals surface area contributed by atoms with Crippen LogP contribution in [0.4, 0.5) is 0 Å². The molecule has 0 aromatic carbocycles. The minimum Gasteiger partial charge on any atom is -0.393 e. The fourth-order valence-corrected chi connectivity index (χ4v) is 4.04. The van der Waals surface area contributed by atoms with Gasteiger partial charge in [-0.1, -0.05) is 84.0 Å². The minimum absolute atomic E-state index is 0.288. The van der Waals surface area contributed by atoms with Crippen LogP contribution in [0.1, 0.15) is 110 Å². The van der Waals surface area contributed by atoms with Crippen molar-refractivity contribution in [1.82, 2.24) is 0 Å². The van der Waals surface area contributed by atoms with Gasteiger partial charge in [0.25, 0.3) is 10.1 Å². The first-order valence-corrected chi connectivity index (χ1v) is 11.5. The van der Waals surface area contributed by atoms with Gasteiger partial charge in [0.15, 0.2) is 0 Å². The van der Waals surface area contributed by atoms with Crippen molar-refractivity contribution in [3.63, 3.8) is 0 Å². The Hall–Kier alpha value is -0.130. The lowest BCUT2D eigenvalue weighted by Crippen LogP contribution is -2.20. The van der Waals surface area contributed by atoms with Crippen molar-refractivity contribution in [2.45, 2.75) is 122 Å². The second-order valence-electron chi connectivity index (χ2n) is 7.24. The molecule has 0 saturated carbocycles. The zero-order valence-corrected chi connectivity index (χ0v) is 16.7. The van der Waals surface area contributed by atoms with Crippen molar-refractivity contribution in [2.24, 2.45) is 0 Å². The first-order valence-electron chi connectivity index (χ1n) is 10.0. The van der Waals surface area contributed by atoms with Crippen molar-refractivity contribution in [1.29, 1.82) is 0 Å². The van der Waals surface area contributed by atoms with E-state index in [9.17, 15) is 18.1 Å². The predicted octanol–water partition coefficient (Wildman–Crippen LogP) is 5.50. The van der Waals surface area contributed by atoms with E-state index in [4.69, 9.17) is 0 Å². The maximum absolute atomic E-state index is 11.5. The Morgan fingerprint density at radius 2 is 1.08 bits per heavy atom. The lowest BCUT2D eigenvalue weighted by atomic mass is 10.0. The maximum atomic E-state index is 11.5. The number of hydrogen-bond acceptors (Lipinski definition) is 3. The van der Waals surface area contributed by atoms with Gasteiger partial charge in [0.05, 0.1) is 11.4 Å². The van der Waals surface area contributed by atoms with E-state index in [1.54, 1.807) is 6.92 Å². The molecule has 5 heteroatoms. The molecule has 2 atom stereocenters. The quantitative estimate of drug-likeness (QED) is 0.264. The Labute approximate surface area is 150 Å². The van der Waals surface area contributed by atoms with Gasteiger partial charge in [-0.15, -0.1) is 0 Å². The number of hydrogen-bond donors (Lipinski definition) is 2. The van der Waals surface area contributed by atoms with Crippen molar-refractivity contribution in [3.05, 3.63) is 0 Å². The predicted molar refractivity (Wildman–Crippen MR) is 102 cm³/mol. The van der Waals surface area contributed by atoms with Gasteiger partial charge in [-0.05, 0) is 26.2 Å². The molecule has 0 aliphatic carbocycles. The molecule has 0 aliphatic rings. The summed E-state index contributed by atoms with van der Waals surface area (Å²) in [6.45, 7) is 3.99. The summed E-state index contributed by atoms with van der Waals surface area (Å²) in [6.07, 6.45) is 15.1. The molecule has 0 fully saturated rings. The van der Waals surface area contributed by atoms with Crippen LogP contribution in [0.2, 0.25) is 0 Å². The van der Waals surface area contributed by atoms with Gasteiger partial charge in [0.2, 0.25) is 0 Å². The second-order valence-corrected chi connectivity index (χ2v) is 8.94. The van der Waals surface area contributed by atoms with Crippen LogP contribution in [0.25, 0.3) is 0 Å². The third-order valence-corrected chi connectivity index (χ3v) is 6.01. The van der Waals surface area contributed by atoms with Crippen molar-refractivity contribution in [3.8, 4) is 0 Å². The normalized spacial score (nSPS) is 14.7. The Morgan fingerprint density at radius 3 is 1.50 bits per heavy atom. The van der Waals surface area contributed by atoms with E-state index < -0.39 is 15.4 Å². The van der Waals surface area contributed by atoms with Crippen molar-refractivity contribution >= 4 is 10.1 Å². The minimum atomic E-state index is -3.93. The summed E-state index contributed by atoms with van der Waals surface area (Å²) in [5.41, 5.74) is 0. The molecule has 0 aromatic rings. The average molecular weight is 365 g/mol. The number of rotatable bonds is 17. The highest BCUT2D eigenvalue weighted by Gasteiger charge is 2.21. The largest absolute Gasteiger partial charge is 0.393 e. The first-order chi connectivity index (χ1) is 11.4. The smallest absolute Gasteiger partial charge is 0.267 e. The summed E-state index contributed by atoms with van der Waals surface area (Å²) < 4.78 is 32.3. The fraction of sp³-hybridized carbons (Fsp3) is 1.00. The zero-order valence-electron chi connectivity index (χ0n) is 15.9. The molecule has 4 nitrogen and oxygen atoms in total. The van der Waals surface area contributed by atoms with E-state index in [0.717, 1.165) is 38.5 Å². The molecule has 0 bridgehead atoms. The molecule has 0 aromatic heterocycles. The highest BCUT2D eigenvalue weighted by atomic mass is 32.2. The van der Waals surface area contributed by atoms with Crippen LogP contribution in [0.5, 0.6) is 0 Å².